The molecule has 4 heteroatoms. The smallest absolute Gasteiger partial charge is 0.0164 e. The molecule has 1 aliphatic heterocycles. The summed E-state index contributed by atoms with van der Waals surface area (Å²) in [6.07, 6.45) is 4.35. The second-order valence-corrected chi connectivity index (χ2v) is 4.96. The molecule has 1 aliphatic rings. The molecular formula is C12H25N3S. The predicted molar refractivity (Wildman–Crippen MR) is 74.4 cm³/mol. The molecule has 0 aromatic carbocycles. The van der Waals surface area contributed by atoms with Gasteiger partial charge in [0.25, 0.3) is 0 Å². The van der Waals surface area contributed by atoms with E-state index in [0.29, 0.717) is 0 Å². The van der Waals surface area contributed by atoms with Crippen molar-refractivity contribution in [3.63, 3.8) is 0 Å². The molecule has 1 rings (SSSR count). The van der Waals surface area contributed by atoms with Gasteiger partial charge in [0.15, 0.2) is 0 Å². The van der Waals surface area contributed by atoms with E-state index < -0.39 is 0 Å². The molecule has 0 aromatic rings. The summed E-state index contributed by atoms with van der Waals surface area (Å²) in [7, 11) is 4.27. The zero-order chi connectivity index (χ0) is 11.8. The van der Waals surface area contributed by atoms with E-state index in [9.17, 15) is 0 Å². The molecule has 0 bridgehead atoms. The van der Waals surface area contributed by atoms with Crippen LogP contribution in [0.15, 0.2) is 12.2 Å². The summed E-state index contributed by atoms with van der Waals surface area (Å²) in [5.74, 6) is 0.850. The zero-order valence-corrected chi connectivity index (χ0v) is 11.5. The Morgan fingerprint density at radius 2 is 1.69 bits per heavy atom. The van der Waals surface area contributed by atoms with Crippen molar-refractivity contribution in [1.29, 1.82) is 0 Å². The highest BCUT2D eigenvalue weighted by Crippen LogP contribution is 2.01. The van der Waals surface area contributed by atoms with Gasteiger partial charge in [0.1, 0.15) is 0 Å². The number of nitrogens with zero attached hydrogens (tertiary/aromatic N) is 3. The maximum atomic E-state index is 4.16. The van der Waals surface area contributed by atoms with Crippen LogP contribution in [0.1, 0.15) is 0 Å². The normalized spacial score (nSPS) is 20.0. The molecular weight excluding hydrogens is 218 g/mol. The number of hydrogen-bond acceptors (Lipinski definition) is 4. The van der Waals surface area contributed by atoms with E-state index in [1.807, 2.05) is 0 Å². The van der Waals surface area contributed by atoms with Gasteiger partial charge in [-0.1, -0.05) is 12.2 Å². The Bertz CT molecular complexity index is 198. The fourth-order valence-corrected chi connectivity index (χ4v) is 1.98. The Hall–Kier alpha value is -0.0300. The van der Waals surface area contributed by atoms with E-state index in [1.165, 1.54) is 39.3 Å². The predicted octanol–water partition coefficient (Wildman–Crippen LogP) is 0.652. The lowest BCUT2D eigenvalue weighted by Gasteiger charge is -2.34. The molecule has 1 heterocycles. The Morgan fingerprint density at radius 3 is 2.25 bits per heavy atom. The minimum Gasteiger partial charge on any atom is -0.308 e. The van der Waals surface area contributed by atoms with Crippen LogP contribution in [0, 0.1) is 0 Å². The quantitative estimate of drug-likeness (QED) is 0.542. The van der Waals surface area contributed by atoms with Crippen molar-refractivity contribution >= 4 is 12.6 Å². The van der Waals surface area contributed by atoms with Gasteiger partial charge in [-0.2, -0.15) is 12.6 Å². The van der Waals surface area contributed by atoms with Crippen LogP contribution in [-0.2, 0) is 0 Å². The van der Waals surface area contributed by atoms with Crippen molar-refractivity contribution in [2.24, 2.45) is 0 Å². The van der Waals surface area contributed by atoms with E-state index in [2.05, 4.69) is 53.6 Å². The Labute approximate surface area is 105 Å². The van der Waals surface area contributed by atoms with Crippen LogP contribution in [0.5, 0.6) is 0 Å². The molecule has 0 unspecified atom stereocenters. The van der Waals surface area contributed by atoms with Crippen molar-refractivity contribution in [2.75, 3.05) is 65.7 Å². The Morgan fingerprint density at radius 1 is 1.06 bits per heavy atom. The standard InChI is InChI=1S/C12H25N3S/c1-13(2)6-7-15-10-8-14(9-11-15)5-3-4-12-16/h3-4,16H,5-12H2,1-2H3. The topological polar surface area (TPSA) is 9.72 Å². The molecule has 16 heavy (non-hydrogen) atoms. The molecule has 0 spiro atoms. The van der Waals surface area contributed by atoms with E-state index in [1.54, 1.807) is 0 Å². The minimum absolute atomic E-state index is 0.850. The fraction of sp³-hybridized carbons (Fsp3) is 0.833. The van der Waals surface area contributed by atoms with Gasteiger partial charge in [0, 0.05) is 51.6 Å². The summed E-state index contributed by atoms with van der Waals surface area (Å²) in [6.45, 7) is 8.27. The highest BCUT2D eigenvalue weighted by atomic mass is 32.1. The van der Waals surface area contributed by atoms with E-state index in [-0.39, 0.29) is 0 Å². The first kappa shape index (κ1) is 14.0. The van der Waals surface area contributed by atoms with Crippen molar-refractivity contribution in [2.45, 2.75) is 0 Å². The first-order valence-electron chi connectivity index (χ1n) is 6.07. The van der Waals surface area contributed by atoms with Crippen molar-refractivity contribution in [1.82, 2.24) is 14.7 Å². The number of likely N-dealkylation sites (N-methyl/N-ethyl adjacent to an activating group) is 1. The van der Waals surface area contributed by atoms with Crippen LogP contribution >= 0.6 is 12.6 Å². The number of thiol groups is 1. The molecule has 1 saturated heterocycles. The molecule has 0 saturated carbocycles. The van der Waals surface area contributed by atoms with Crippen LogP contribution in [0.4, 0.5) is 0 Å². The SMILES string of the molecule is CN(C)CCN1CCN(CC=CCS)CC1. The lowest BCUT2D eigenvalue weighted by Crippen LogP contribution is -2.47. The molecule has 0 amide bonds. The van der Waals surface area contributed by atoms with E-state index in [4.69, 9.17) is 0 Å². The maximum Gasteiger partial charge on any atom is 0.0164 e. The second-order valence-electron chi connectivity index (χ2n) is 4.60. The second kappa shape index (κ2) is 8.12. The maximum absolute atomic E-state index is 4.16. The Balaban J connectivity index is 2.11. The first-order chi connectivity index (χ1) is 7.72. The zero-order valence-electron chi connectivity index (χ0n) is 10.6. The number of rotatable bonds is 6. The van der Waals surface area contributed by atoms with Crippen LogP contribution in [0.2, 0.25) is 0 Å². The van der Waals surface area contributed by atoms with Crippen LogP contribution in [0.3, 0.4) is 0 Å². The van der Waals surface area contributed by atoms with Crippen LogP contribution < -0.4 is 0 Å². The summed E-state index contributed by atoms with van der Waals surface area (Å²) >= 11 is 4.16. The van der Waals surface area contributed by atoms with Gasteiger partial charge in [-0.15, -0.1) is 0 Å². The molecule has 0 atom stereocenters. The minimum atomic E-state index is 0.850. The highest BCUT2D eigenvalue weighted by Gasteiger charge is 2.15. The van der Waals surface area contributed by atoms with Crippen molar-refractivity contribution in [3.05, 3.63) is 12.2 Å². The summed E-state index contributed by atoms with van der Waals surface area (Å²) in [6, 6.07) is 0. The van der Waals surface area contributed by atoms with Gasteiger partial charge in [-0.3, -0.25) is 9.80 Å². The molecule has 0 aliphatic carbocycles. The highest BCUT2D eigenvalue weighted by molar-refractivity contribution is 7.80. The third-order valence-corrected chi connectivity index (χ3v) is 3.17. The summed E-state index contributed by atoms with van der Waals surface area (Å²) in [5, 5.41) is 0. The molecule has 0 N–H and O–H groups in total. The van der Waals surface area contributed by atoms with Gasteiger partial charge in [0.2, 0.25) is 0 Å². The molecule has 1 fully saturated rings. The summed E-state index contributed by atoms with van der Waals surface area (Å²) < 4.78 is 0. The summed E-state index contributed by atoms with van der Waals surface area (Å²) in [5.41, 5.74) is 0. The van der Waals surface area contributed by atoms with Crippen LogP contribution in [-0.4, -0.2) is 80.4 Å². The summed E-state index contributed by atoms with van der Waals surface area (Å²) in [4.78, 5) is 7.31. The molecule has 3 nitrogen and oxygen atoms in total. The van der Waals surface area contributed by atoms with Gasteiger partial charge in [0.05, 0.1) is 0 Å². The number of hydrogen-bond donors (Lipinski definition) is 1. The third kappa shape index (κ3) is 5.89. The lowest BCUT2D eigenvalue weighted by molar-refractivity contribution is 0.134. The third-order valence-electron chi connectivity index (χ3n) is 2.96. The average Bonchev–Trinajstić information content (AvgIpc) is 2.28. The van der Waals surface area contributed by atoms with Gasteiger partial charge >= 0.3 is 0 Å². The first-order valence-corrected chi connectivity index (χ1v) is 6.71. The average molecular weight is 243 g/mol. The monoisotopic (exact) mass is 243 g/mol. The van der Waals surface area contributed by atoms with Crippen molar-refractivity contribution in [3.8, 4) is 0 Å². The molecule has 94 valence electrons. The Kier molecular flexibility index (Phi) is 7.12. The van der Waals surface area contributed by atoms with Crippen molar-refractivity contribution < 1.29 is 0 Å². The number of piperazine rings is 1. The van der Waals surface area contributed by atoms with Crippen LogP contribution in [0.25, 0.3) is 0 Å². The van der Waals surface area contributed by atoms with E-state index >= 15 is 0 Å². The van der Waals surface area contributed by atoms with Gasteiger partial charge in [-0.05, 0) is 14.1 Å². The lowest BCUT2D eigenvalue weighted by atomic mass is 10.3. The fourth-order valence-electron chi connectivity index (χ4n) is 1.84. The molecule has 0 aromatic heterocycles. The van der Waals surface area contributed by atoms with Gasteiger partial charge < -0.3 is 4.90 Å². The largest absolute Gasteiger partial charge is 0.308 e. The van der Waals surface area contributed by atoms with E-state index in [0.717, 1.165) is 12.3 Å². The van der Waals surface area contributed by atoms with Gasteiger partial charge in [-0.25, -0.2) is 0 Å². The molecule has 0 radical (unpaired) electrons.